The van der Waals surface area contributed by atoms with Crippen molar-refractivity contribution in [1.82, 2.24) is 0 Å². The Bertz CT molecular complexity index is 332. The predicted molar refractivity (Wildman–Crippen MR) is 62.0 cm³/mol. The molecule has 0 spiro atoms. The zero-order valence-corrected chi connectivity index (χ0v) is 9.88. The van der Waals surface area contributed by atoms with E-state index < -0.39 is 18.0 Å². The zero-order chi connectivity index (χ0) is 12.1. The molecule has 1 rings (SSSR count). The Morgan fingerprint density at radius 2 is 1.81 bits per heavy atom. The molecule has 1 aromatic carbocycles. The van der Waals surface area contributed by atoms with Gasteiger partial charge in [-0.25, -0.2) is 0 Å². The first-order chi connectivity index (χ1) is 7.57. The third kappa shape index (κ3) is 2.83. The summed E-state index contributed by atoms with van der Waals surface area (Å²) in [5, 5.41) is 10.0. The zero-order valence-electron chi connectivity index (χ0n) is 9.88. The maximum Gasteiger partial charge on any atom is 0.315 e. The van der Waals surface area contributed by atoms with Gasteiger partial charge in [-0.05, 0) is 11.5 Å². The fourth-order valence-corrected chi connectivity index (χ4v) is 1.64. The van der Waals surface area contributed by atoms with Gasteiger partial charge in [-0.1, -0.05) is 44.2 Å². The van der Waals surface area contributed by atoms with Crippen LogP contribution >= 0.6 is 0 Å². The SMILES string of the molecule is COC(=O)[C@@H](c1ccccc1)[C@@H](O)C(C)C. The van der Waals surface area contributed by atoms with Gasteiger partial charge in [0.05, 0.1) is 13.2 Å². The first-order valence-corrected chi connectivity index (χ1v) is 5.38. The average molecular weight is 222 g/mol. The molecule has 2 atom stereocenters. The van der Waals surface area contributed by atoms with Gasteiger partial charge in [0.25, 0.3) is 0 Å². The molecule has 3 nitrogen and oxygen atoms in total. The Hall–Kier alpha value is -1.35. The summed E-state index contributed by atoms with van der Waals surface area (Å²) in [4.78, 5) is 11.7. The molecular formula is C13H18O3. The Morgan fingerprint density at radius 1 is 1.25 bits per heavy atom. The lowest BCUT2D eigenvalue weighted by molar-refractivity contribution is -0.146. The topological polar surface area (TPSA) is 46.5 Å². The van der Waals surface area contributed by atoms with E-state index in [0.717, 1.165) is 5.56 Å². The van der Waals surface area contributed by atoms with Crippen molar-refractivity contribution in [3.05, 3.63) is 35.9 Å². The summed E-state index contributed by atoms with van der Waals surface area (Å²) < 4.78 is 4.74. The van der Waals surface area contributed by atoms with Crippen molar-refractivity contribution in [3.8, 4) is 0 Å². The summed E-state index contributed by atoms with van der Waals surface area (Å²) >= 11 is 0. The number of hydrogen-bond acceptors (Lipinski definition) is 3. The van der Waals surface area contributed by atoms with Gasteiger partial charge in [0.2, 0.25) is 0 Å². The first-order valence-electron chi connectivity index (χ1n) is 5.38. The van der Waals surface area contributed by atoms with Crippen molar-refractivity contribution in [1.29, 1.82) is 0 Å². The van der Waals surface area contributed by atoms with Crippen LogP contribution in [-0.2, 0) is 9.53 Å². The predicted octanol–water partition coefficient (Wildman–Crippen LogP) is 1.96. The molecule has 0 fully saturated rings. The summed E-state index contributed by atoms with van der Waals surface area (Å²) in [6.07, 6.45) is -0.727. The van der Waals surface area contributed by atoms with E-state index >= 15 is 0 Å². The van der Waals surface area contributed by atoms with Gasteiger partial charge < -0.3 is 9.84 Å². The van der Waals surface area contributed by atoms with Crippen LogP contribution in [0.15, 0.2) is 30.3 Å². The number of methoxy groups -OCH3 is 1. The summed E-state index contributed by atoms with van der Waals surface area (Å²) in [5.74, 6) is -0.997. The van der Waals surface area contributed by atoms with Crippen LogP contribution in [0.4, 0.5) is 0 Å². The quantitative estimate of drug-likeness (QED) is 0.792. The molecule has 1 N–H and O–H groups in total. The van der Waals surface area contributed by atoms with Crippen LogP contribution in [0.25, 0.3) is 0 Å². The highest BCUT2D eigenvalue weighted by atomic mass is 16.5. The molecule has 0 amide bonds. The number of rotatable bonds is 4. The highest BCUT2D eigenvalue weighted by Crippen LogP contribution is 2.25. The number of aliphatic hydroxyl groups excluding tert-OH is 1. The molecule has 0 aliphatic carbocycles. The molecule has 0 saturated heterocycles. The van der Waals surface area contributed by atoms with Crippen LogP contribution < -0.4 is 0 Å². The highest BCUT2D eigenvalue weighted by molar-refractivity contribution is 5.78. The molecule has 0 aliphatic heterocycles. The number of esters is 1. The van der Waals surface area contributed by atoms with Crippen LogP contribution in [0.5, 0.6) is 0 Å². The Morgan fingerprint density at radius 3 is 2.25 bits per heavy atom. The monoisotopic (exact) mass is 222 g/mol. The second kappa shape index (κ2) is 5.66. The Labute approximate surface area is 96.1 Å². The molecule has 16 heavy (non-hydrogen) atoms. The van der Waals surface area contributed by atoms with Gasteiger partial charge in [0.1, 0.15) is 5.92 Å². The molecule has 88 valence electrons. The van der Waals surface area contributed by atoms with Crippen LogP contribution in [0.1, 0.15) is 25.3 Å². The van der Waals surface area contributed by atoms with Crippen molar-refractivity contribution in [2.24, 2.45) is 5.92 Å². The lowest BCUT2D eigenvalue weighted by Gasteiger charge is -2.23. The number of ether oxygens (including phenoxy) is 1. The fourth-order valence-electron chi connectivity index (χ4n) is 1.64. The van der Waals surface area contributed by atoms with Crippen LogP contribution in [-0.4, -0.2) is 24.3 Å². The molecule has 0 radical (unpaired) electrons. The number of hydrogen-bond donors (Lipinski definition) is 1. The van der Waals surface area contributed by atoms with E-state index in [-0.39, 0.29) is 5.92 Å². The van der Waals surface area contributed by atoms with E-state index in [1.54, 1.807) is 0 Å². The maximum atomic E-state index is 11.7. The van der Waals surface area contributed by atoms with Gasteiger partial charge in [-0.2, -0.15) is 0 Å². The second-order valence-electron chi connectivity index (χ2n) is 4.15. The second-order valence-corrected chi connectivity index (χ2v) is 4.15. The first kappa shape index (κ1) is 12.7. The van der Waals surface area contributed by atoms with E-state index in [1.165, 1.54) is 7.11 Å². The smallest absolute Gasteiger partial charge is 0.315 e. The van der Waals surface area contributed by atoms with Gasteiger partial charge in [0, 0.05) is 0 Å². The largest absolute Gasteiger partial charge is 0.468 e. The van der Waals surface area contributed by atoms with Crippen molar-refractivity contribution in [3.63, 3.8) is 0 Å². The van der Waals surface area contributed by atoms with Gasteiger partial charge >= 0.3 is 5.97 Å². The van der Waals surface area contributed by atoms with E-state index in [9.17, 15) is 9.90 Å². The number of carbonyl (C=O) groups excluding carboxylic acids is 1. The minimum absolute atomic E-state index is 0.00399. The van der Waals surface area contributed by atoms with Gasteiger partial charge in [0.15, 0.2) is 0 Å². The van der Waals surface area contributed by atoms with Crippen molar-refractivity contribution in [2.45, 2.75) is 25.9 Å². The van der Waals surface area contributed by atoms with Crippen molar-refractivity contribution < 1.29 is 14.6 Å². The molecule has 0 bridgehead atoms. The highest BCUT2D eigenvalue weighted by Gasteiger charge is 2.31. The third-order valence-electron chi connectivity index (χ3n) is 2.64. The lowest BCUT2D eigenvalue weighted by atomic mass is 9.87. The van der Waals surface area contributed by atoms with E-state index in [1.807, 2.05) is 44.2 Å². The Balaban J connectivity index is 3.01. The minimum Gasteiger partial charge on any atom is -0.468 e. The minimum atomic E-state index is -0.727. The standard InChI is InChI=1S/C13H18O3/c1-9(2)12(14)11(13(15)16-3)10-7-5-4-6-8-10/h4-9,11-12,14H,1-3H3/t11-,12-/m0/s1. The van der Waals surface area contributed by atoms with Crippen LogP contribution in [0, 0.1) is 5.92 Å². The Kier molecular flexibility index (Phi) is 4.50. The van der Waals surface area contributed by atoms with Crippen LogP contribution in [0.3, 0.4) is 0 Å². The fraction of sp³-hybridized carbons (Fsp3) is 0.462. The summed E-state index contributed by atoms with van der Waals surface area (Å²) in [6, 6.07) is 9.22. The van der Waals surface area contributed by atoms with Crippen molar-refractivity contribution >= 4 is 5.97 Å². The van der Waals surface area contributed by atoms with Gasteiger partial charge in [-0.15, -0.1) is 0 Å². The summed E-state index contributed by atoms with van der Waals surface area (Å²) in [5.41, 5.74) is 0.788. The lowest BCUT2D eigenvalue weighted by Crippen LogP contribution is -2.31. The number of benzene rings is 1. The summed E-state index contributed by atoms with van der Waals surface area (Å²) in [7, 11) is 1.34. The molecule has 0 aliphatic rings. The molecule has 3 heteroatoms. The maximum absolute atomic E-state index is 11.7. The molecule has 1 aromatic rings. The summed E-state index contributed by atoms with van der Waals surface area (Å²) in [6.45, 7) is 3.76. The number of aliphatic hydroxyl groups is 1. The van der Waals surface area contributed by atoms with Crippen LogP contribution in [0.2, 0.25) is 0 Å². The average Bonchev–Trinajstić information content (AvgIpc) is 2.30. The molecule has 0 heterocycles. The van der Waals surface area contributed by atoms with E-state index in [4.69, 9.17) is 4.74 Å². The molecule has 0 saturated carbocycles. The number of carbonyl (C=O) groups is 1. The normalized spacial score (nSPS) is 14.6. The van der Waals surface area contributed by atoms with E-state index in [0.29, 0.717) is 0 Å². The molecule has 0 unspecified atom stereocenters. The molecular weight excluding hydrogens is 204 g/mol. The van der Waals surface area contributed by atoms with E-state index in [2.05, 4.69) is 0 Å². The third-order valence-corrected chi connectivity index (χ3v) is 2.64. The van der Waals surface area contributed by atoms with Gasteiger partial charge in [-0.3, -0.25) is 4.79 Å². The van der Waals surface area contributed by atoms with Crippen molar-refractivity contribution in [2.75, 3.05) is 7.11 Å². The molecule has 0 aromatic heterocycles.